The minimum absolute atomic E-state index is 0.0706. The summed E-state index contributed by atoms with van der Waals surface area (Å²) < 4.78 is 0. The first-order valence-electron chi connectivity index (χ1n) is 9.65. The van der Waals surface area contributed by atoms with Crippen molar-refractivity contribution in [2.24, 2.45) is 0 Å². The van der Waals surface area contributed by atoms with Crippen LogP contribution in [0.25, 0.3) is 10.8 Å². The highest BCUT2D eigenvalue weighted by Gasteiger charge is 2.30. The zero-order valence-electron chi connectivity index (χ0n) is 15.8. The molecule has 6 heteroatoms. The molecule has 4 rings (SSSR count). The maximum absolute atomic E-state index is 12.7. The van der Waals surface area contributed by atoms with E-state index in [1.807, 2.05) is 36.4 Å². The van der Waals surface area contributed by atoms with Crippen molar-refractivity contribution in [3.63, 3.8) is 0 Å². The molecule has 2 aliphatic heterocycles. The number of nitrogens with one attached hydrogen (secondary N) is 1. The van der Waals surface area contributed by atoms with Crippen molar-refractivity contribution in [3.05, 3.63) is 42.0 Å². The van der Waals surface area contributed by atoms with Gasteiger partial charge in [-0.25, -0.2) is 0 Å². The van der Waals surface area contributed by atoms with E-state index in [-0.39, 0.29) is 18.4 Å². The number of rotatable bonds is 6. The van der Waals surface area contributed by atoms with E-state index < -0.39 is 0 Å². The first-order chi connectivity index (χ1) is 13.1. The SMILES string of the molecule is CN1CCN(CCCNC(=O)CN2C(=O)c3cccc4cccc2c34)CC1. The Morgan fingerprint density at radius 1 is 1.07 bits per heavy atom. The fourth-order valence-electron chi connectivity index (χ4n) is 3.94. The highest BCUT2D eigenvalue weighted by molar-refractivity contribution is 6.26. The number of carbonyl (C=O) groups excluding carboxylic acids is 2. The van der Waals surface area contributed by atoms with Crippen molar-refractivity contribution < 1.29 is 9.59 Å². The molecule has 0 aliphatic carbocycles. The van der Waals surface area contributed by atoms with Gasteiger partial charge in [0, 0.05) is 43.7 Å². The smallest absolute Gasteiger partial charge is 0.259 e. The second kappa shape index (κ2) is 7.66. The summed E-state index contributed by atoms with van der Waals surface area (Å²) in [5.41, 5.74) is 1.52. The molecule has 2 aliphatic rings. The number of nitrogens with zero attached hydrogens (tertiary/aromatic N) is 3. The average Bonchev–Trinajstić information content (AvgIpc) is 2.95. The monoisotopic (exact) mass is 366 g/mol. The Balaban J connectivity index is 1.29. The van der Waals surface area contributed by atoms with Gasteiger partial charge >= 0.3 is 0 Å². The third-order valence-corrected chi connectivity index (χ3v) is 5.52. The number of anilines is 1. The molecule has 1 N–H and O–H groups in total. The Bertz CT molecular complexity index is 853. The summed E-state index contributed by atoms with van der Waals surface area (Å²) in [6.07, 6.45) is 0.930. The van der Waals surface area contributed by atoms with Gasteiger partial charge in [0.2, 0.25) is 5.91 Å². The van der Waals surface area contributed by atoms with Gasteiger partial charge in [-0.05, 0) is 37.5 Å². The highest BCUT2D eigenvalue weighted by Crippen LogP contribution is 2.36. The first kappa shape index (κ1) is 17.9. The van der Waals surface area contributed by atoms with Gasteiger partial charge in [0.05, 0.1) is 5.69 Å². The molecule has 27 heavy (non-hydrogen) atoms. The molecule has 0 aromatic heterocycles. The molecule has 0 bridgehead atoms. The van der Waals surface area contributed by atoms with Crippen LogP contribution < -0.4 is 10.2 Å². The molecule has 0 radical (unpaired) electrons. The first-order valence-corrected chi connectivity index (χ1v) is 9.65. The third kappa shape index (κ3) is 3.68. The van der Waals surface area contributed by atoms with E-state index >= 15 is 0 Å². The molecule has 6 nitrogen and oxygen atoms in total. The van der Waals surface area contributed by atoms with Crippen molar-refractivity contribution in [2.75, 3.05) is 57.8 Å². The van der Waals surface area contributed by atoms with Gasteiger partial charge in [0.1, 0.15) is 6.54 Å². The minimum atomic E-state index is -0.105. The number of likely N-dealkylation sites (N-methyl/N-ethyl adjacent to an activating group) is 1. The van der Waals surface area contributed by atoms with Gasteiger partial charge in [-0.1, -0.05) is 24.3 Å². The number of amides is 2. The molecule has 142 valence electrons. The predicted molar refractivity (Wildman–Crippen MR) is 107 cm³/mol. The van der Waals surface area contributed by atoms with Crippen LogP contribution in [0.5, 0.6) is 0 Å². The van der Waals surface area contributed by atoms with Crippen LogP contribution in [0.2, 0.25) is 0 Å². The zero-order valence-corrected chi connectivity index (χ0v) is 15.8. The fourth-order valence-corrected chi connectivity index (χ4v) is 3.94. The Morgan fingerprint density at radius 3 is 2.59 bits per heavy atom. The van der Waals surface area contributed by atoms with Gasteiger partial charge in [-0.3, -0.25) is 14.5 Å². The van der Waals surface area contributed by atoms with E-state index in [1.54, 1.807) is 4.90 Å². The lowest BCUT2D eigenvalue weighted by Gasteiger charge is -2.32. The third-order valence-electron chi connectivity index (χ3n) is 5.52. The quantitative estimate of drug-likeness (QED) is 0.789. The lowest BCUT2D eigenvalue weighted by molar-refractivity contribution is -0.119. The second-order valence-corrected chi connectivity index (χ2v) is 7.42. The van der Waals surface area contributed by atoms with E-state index in [2.05, 4.69) is 22.2 Å². The number of carbonyl (C=O) groups is 2. The van der Waals surface area contributed by atoms with E-state index in [0.29, 0.717) is 12.1 Å². The van der Waals surface area contributed by atoms with Crippen molar-refractivity contribution in [1.29, 1.82) is 0 Å². The molecule has 1 saturated heterocycles. The van der Waals surface area contributed by atoms with Crippen molar-refractivity contribution >= 4 is 28.3 Å². The number of hydrogen-bond donors (Lipinski definition) is 1. The van der Waals surface area contributed by atoms with E-state index in [4.69, 9.17) is 0 Å². The standard InChI is InChI=1S/C21H26N4O2/c1-23-11-13-24(14-12-23)10-4-9-22-19(26)15-25-18-8-3-6-16-5-2-7-17(20(16)18)21(25)27/h2-3,5-8H,4,9-15H2,1H3,(H,22,26). The molecule has 0 atom stereocenters. The van der Waals surface area contributed by atoms with Crippen LogP contribution in [-0.2, 0) is 4.79 Å². The lowest BCUT2D eigenvalue weighted by Crippen LogP contribution is -2.45. The molecule has 2 heterocycles. The summed E-state index contributed by atoms with van der Waals surface area (Å²) in [5.74, 6) is -0.194. The molecule has 1 fully saturated rings. The van der Waals surface area contributed by atoms with Gasteiger partial charge in [0.25, 0.3) is 5.91 Å². The lowest BCUT2D eigenvalue weighted by atomic mass is 10.1. The number of hydrogen-bond acceptors (Lipinski definition) is 4. The van der Waals surface area contributed by atoms with Crippen LogP contribution in [0.1, 0.15) is 16.8 Å². The Morgan fingerprint density at radius 2 is 1.81 bits per heavy atom. The molecule has 2 amide bonds. The van der Waals surface area contributed by atoms with Crippen LogP contribution in [-0.4, -0.2) is 74.5 Å². The number of piperazine rings is 1. The zero-order chi connectivity index (χ0) is 18.8. The van der Waals surface area contributed by atoms with E-state index in [0.717, 1.165) is 55.6 Å². The highest BCUT2D eigenvalue weighted by atomic mass is 16.2. The molecule has 2 aromatic rings. The van der Waals surface area contributed by atoms with Crippen LogP contribution in [0.3, 0.4) is 0 Å². The normalized spacial score (nSPS) is 17.7. The molecule has 0 unspecified atom stereocenters. The predicted octanol–water partition coefficient (Wildman–Crippen LogP) is 1.55. The average molecular weight is 366 g/mol. The summed E-state index contributed by atoms with van der Waals surface area (Å²) in [7, 11) is 2.15. The second-order valence-electron chi connectivity index (χ2n) is 7.42. The summed E-state index contributed by atoms with van der Waals surface area (Å²) >= 11 is 0. The van der Waals surface area contributed by atoms with Crippen molar-refractivity contribution in [1.82, 2.24) is 15.1 Å². The molecular weight excluding hydrogens is 340 g/mol. The maximum atomic E-state index is 12.7. The van der Waals surface area contributed by atoms with Gasteiger partial charge in [-0.15, -0.1) is 0 Å². The van der Waals surface area contributed by atoms with Gasteiger partial charge in [-0.2, -0.15) is 0 Å². The van der Waals surface area contributed by atoms with Gasteiger partial charge in [0.15, 0.2) is 0 Å². The Labute approximate surface area is 159 Å². The van der Waals surface area contributed by atoms with Crippen LogP contribution >= 0.6 is 0 Å². The summed E-state index contributed by atoms with van der Waals surface area (Å²) in [6.45, 7) is 6.11. The van der Waals surface area contributed by atoms with E-state index in [9.17, 15) is 9.59 Å². The van der Waals surface area contributed by atoms with Crippen LogP contribution in [0.15, 0.2) is 36.4 Å². The Hall–Kier alpha value is -2.44. The minimum Gasteiger partial charge on any atom is -0.355 e. The molecule has 2 aromatic carbocycles. The summed E-state index contributed by atoms with van der Waals surface area (Å²) in [5, 5.41) is 4.95. The molecule has 0 spiro atoms. The summed E-state index contributed by atoms with van der Waals surface area (Å²) in [6, 6.07) is 11.6. The largest absolute Gasteiger partial charge is 0.355 e. The van der Waals surface area contributed by atoms with Crippen LogP contribution in [0.4, 0.5) is 5.69 Å². The maximum Gasteiger partial charge on any atom is 0.259 e. The van der Waals surface area contributed by atoms with E-state index in [1.165, 1.54) is 0 Å². The van der Waals surface area contributed by atoms with Gasteiger partial charge < -0.3 is 15.1 Å². The topological polar surface area (TPSA) is 55.9 Å². The van der Waals surface area contributed by atoms with Crippen molar-refractivity contribution in [3.8, 4) is 0 Å². The Kier molecular flexibility index (Phi) is 5.09. The number of benzene rings is 2. The van der Waals surface area contributed by atoms with Crippen LogP contribution in [0, 0.1) is 0 Å². The molecular formula is C21H26N4O2. The molecule has 0 saturated carbocycles. The summed E-state index contributed by atoms with van der Waals surface area (Å²) in [4.78, 5) is 31.5. The van der Waals surface area contributed by atoms with Crippen molar-refractivity contribution in [2.45, 2.75) is 6.42 Å². The fraction of sp³-hybridized carbons (Fsp3) is 0.429.